The van der Waals surface area contributed by atoms with Crippen LogP contribution in [-0.2, 0) is 9.53 Å². The molecule has 8 heteroatoms. The summed E-state index contributed by atoms with van der Waals surface area (Å²) in [6.07, 6.45) is -0.598. The summed E-state index contributed by atoms with van der Waals surface area (Å²) in [6.45, 7) is 1.88. The van der Waals surface area contributed by atoms with Gasteiger partial charge in [-0.25, -0.2) is 9.59 Å². The van der Waals surface area contributed by atoms with Crippen molar-refractivity contribution in [1.29, 1.82) is 0 Å². The Kier molecular flexibility index (Phi) is 6.84. The number of rotatable bonds is 7. The molecule has 34 heavy (non-hydrogen) atoms. The van der Waals surface area contributed by atoms with Crippen LogP contribution in [0.4, 0.5) is 10.5 Å². The van der Waals surface area contributed by atoms with Crippen molar-refractivity contribution >= 4 is 35.3 Å². The lowest BCUT2D eigenvalue weighted by atomic mass is 9.98. The minimum Gasteiger partial charge on any atom is -0.478 e. The number of amides is 2. The first kappa shape index (κ1) is 23.3. The highest BCUT2D eigenvalue weighted by molar-refractivity contribution is 6.33. The molecule has 0 radical (unpaired) electrons. The zero-order chi connectivity index (χ0) is 24.2. The highest BCUT2D eigenvalue weighted by Gasteiger charge is 2.29. The van der Waals surface area contributed by atoms with Gasteiger partial charge in [-0.3, -0.25) is 4.79 Å². The van der Waals surface area contributed by atoms with Crippen molar-refractivity contribution in [2.75, 3.05) is 11.9 Å². The Bertz CT molecular complexity index is 1210. The summed E-state index contributed by atoms with van der Waals surface area (Å²) in [7, 11) is 0. The third kappa shape index (κ3) is 5.05. The highest BCUT2D eigenvalue weighted by Crippen LogP contribution is 2.44. The molecular weight excluding hydrogens is 456 g/mol. The van der Waals surface area contributed by atoms with Crippen LogP contribution in [0.15, 0.2) is 66.7 Å². The standard InChI is InChI=1S/C26H23ClN2O5/c1-15(12-24(30)29-16-10-11-21(25(31)32)23(27)13-16)28-26(33)34-14-22-19-8-4-2-6-17(19)18-7-3-5-9-20(18)22/h2-11,13,15,22H,12,14H2,1H3,(H,28,33)(H,29,30)(H,31,32). The molecule has 3 aromatic carbocycles. The number of hydrogen-bond donors (Lipinski definition) is 3. The molecule has 0 spiro atoms. The molecule has 0 aliphatic heterocycles. The molecule has 1 unspecified atom stereocenters. The quantitative estimate of drug-likeness (QED) is 0.427. The Balaban J connectivity index is 1.30. The van der Waals surface area contributed by atoms with Crippen molar-refractivity contribution < 1.29 is 24.2 Å². The van der Waals surface area contributed by atoms with Gasteiger partial charge in [-0.05, 0) is 47.4 Å². The van der Waals surface area contributed by atoms with Gasteiger partial charge in [-0.15, -0.1) is 0 Å². The molecule has 0 saturated carbocycles. The number of ether oxygens (including phenoxy) is 1. The molecule has 3 N–H and O–H groups in total. The molecular formula is C26H23ClN2O5. The van der Waals surface area contributed by atoms with Crippen LogP contribution in [0.5, 0.6) is 0 Å². The molecule has 0 fully saturated rings. The lowest BCUT2D eigenvalue weighted by molar-refractivity contribution is -0.116. The van der Waals surface area contributed by atoms with Crippen molar-refractivity contribution in [2.24, 2.45) is 0 Å². The fourth-order valence-corrected chi connectivity index (χ4v) is 4.41. The summed E-state index contributed by atoms with van der Waals surface area (Å²) in [5, 5.41) is 14.4. The van der Waals surface area contributed by atoms with Crippen LogP contribution in [0, 0.1) is 0 Å². The van der Waals surface area contributed by atoms with E-state index in [2.05, 4.69) is 22.8 Å². The van der Waals surface area contributed by atoms with E-state index in [1.54, 1.807) is 6.92 Å². The minimum absolute atomic E-state index is 0.00248. The second-order valence-electron chi connectivity index (χ2n) is 8.12. The van der Waals surface area contributed by atoms with Gasteiger partial charge in [0.15, 0.2) is 0 Å². The first-order valence-electron chi connectivity index (χ1n) is 10.8. The van der Waals surface area contributed by atoms with Crippen LogP contribution in [0.2, 0.25) is 5.02 Å². The molecule has 1 atom stereocenters. The minimum atomic E-state index is -1.15. The number of anilines is 1. The number of carboxylic acids is 1. The summed E-state index contributed by atoms with van der Waals surface area (Å²) in [4.78, 5) is 35.7. The van der Waals surface area contributed by atoms with E-state index < -0.39 is 18.1 Å². The largest absolute Gasteiger partial charge is 0.478 e. The van der Waals surface area contributed by atoms with Crippen molar-refractivity contribution in [2.45, 2.75) is 25.3 Å². The third-order valence-corrected chi connectivity index (χ3v) is 6.00. The van der Waals surface area contributed by atoms with Crippen LogP contribution in [0.1, 0.15) is 40.7 Å². The van der Waals surface area contributed by atoms with Crippen LogP contribution < -0.4 is 10.6 Å². The molecule has 7 nitrogen and oxygen atoms in total. The second kappa shape index (κ2) is 9.97. The Labute approximate surface area is 201 Å². The van der Waals surface area contributed by atoms with Gasteiger partial charge in [0.2, 0.25) is 5.91 Å². The Morgan fingerprint density at radius 1 is 1.00 bits per heavy atom. The lowest BCUT2D eigenvalue weighted by Gasteiger charge is -2.17. The number of benzene rings is 3. The van der Waals surface area contributed by atoms with E-state index >= 15 is 0 Å². The van der Waals surface area contributed by atoms with E-state index in [-0.39, 0.29) is 35.4 Å². The van der Waals surface area contributed by atoms with Crippen molar-refractivity contribution in [3.63, 3.8) is 0 Å². The number of nitrogens with one attached hydrogen (secondary N) is 2. The fourth-order valence-electron chi connectivity index (χ4n) is 4.15. The number of fused-ring (bicyclic) bond motifs is 3. The third-order valence-electron chi connectivity index (χ3n) is 5.68. The number of carbonyl (C=O) groups is 3. The van der Waals surface area contributed by atoms with Crippen molar-refractivity contribution in [3.8, 4) is 11.1 Å². The van der Waals surface area contributed by atoms with E-state index in [0.29, 0.717) is 5.69 Å². The number of halogens is 1. The number of carboxylic acid groups (broad SMARTS) is 1. The van der Waals surface area contributed by atoms with E-state index in [1.807, 2.05) is 36.4 Å². The van der Waals surface area contributed by atoms with Crippen LogP contribution in [-0.4, -0.2) is 35.7 Å². The molecule has 2 amide bonds. The van der Waals surface area contributed by atoms with Gasteiger partial charge in [-0.2, -0.15) is 0 Å². The maximum absolute atomic E-state index is 12.4. The summed E-state index contributed by atoms with van der Waals surface area (Å²) in [5.74, 6) is -1.55. The van der Waals surface area contributed by atoms with Crippen molar-refractivity contribution in [3.05, 3.63) is 88.4 Å². The van der Waals surface area contributed by atoms with Gasteiger partial charge in [0.05, 0.1) is 10.6 Å². The van der Waals surface area contributed by atoms with E-state index in [9.17, 15) is 14.4 Å². The van der Waals surface area contributed by atoms with Crippen LogP contribution in [0.25, 0.3) is 11.1 Å². The predicted octanol–water partition coefficient (Wildman–Crippen LogP) is 5.29. The molecule has 0 saturated heterocycles. The SMILES string of the molecule is CC(CC(=O)Nc1ccc(C(=O)O)c(Cl)c1)NC(=O)OCC1c2ccccc2-c2ccccc21. The molecule has 3 aromatic rings. The maximum Gasteiger partial charge on any atom is 0.407 e. The smallest absolute Gasteiger partial charge is 0.407 e. The van der Waals surface area contributed by atoms with Crippen LogP contribution in [0.3, 0.4) is 0 Å². The molecule has 0 heterocycles. The van der Waals surface area contributed by atoms with Gasteiger partial charge in [0.25, 0.3) is 0 Å². The lowest BCUT2D eigenvalue weighted by Crippen LogP contribution is -2.36. The number of aromatic carboxylic acids is 1. The maximum atomic E-state index is 12.4. The summed E-state index contributed by atoms with van der Waals surface area (Å²) >= 11 is 5.93. The fraction of sp³-hybridized carbons (Fsp3) is 0.192. The van der Waals surface area contributed by atoms with E-state index in [4.69, 9.17) is 21.4 Å². The normalized spacial score (nSPS) is 12.9. The molecule has 0 aromatic heterocycles. The Morgan fingerprint density at radius 2 is 1.62 bits per heavy atom. The van der Waals surface area contributed by atoms with Gasteiger partial charge in [0, 0.05) is 24.1 Å². The average molecular weight is 479 g/mol. The monoisotopic (exact) mass is 478 g/mol. The van der Waals surface area contributed by atoms with Gasteiger partial charge < -0.3 is 20.5 Å². The van der Waals surface area contributed by atoms with Gasteiger partial charge >= 0.3 is 12.1 Å². The molecule has 4 rings (SSSR count). The van der Waals surface area contributed by atoms with Gasteiger partial charge in [-0.1, -0.05) is 60.1 Å². The zero-order valence-corrected chi connectivity index (χ0v) is 19.1. The summed E-state index contributed by atoms with van der Waals surface area (Å²) in [5.41, 5.74) is 4.86. The highest BCUT2D eigenvalue weighted by atomic mass is 35.5. The summed E-state index contributed by atoms with van der Waals surface area (Å²) in [6, 6.07) is 19.8. The zero-order valence-electron chi connectivity index (χ0n) is 18.4. The molecule has 0 bridgehead atoms. The van der Waals surface area contributed by atoms with Crippen LogP contribution >= 0.6 is 11.6 Å². The number of hydrogen-bond acceptors (Lipinski definition) is 4. The Hall–Kier alpha value is -3.84. The molecule has 174 valence electrons. The molecule has 1 aliphatic rings. The average Bonchev–Trinajstić information content (AvgIpc) is 3.11. The van der Waals surface area contributed by atoms with Gasteiger partial charge in [0.1, 0.15) is 6.61 Å². The van der Waals surface area contributed by atoms with E-state index in [1.165, 1.54) is 18.2 Å². The second-order valence-corrected chi connectivity index (χ2v) is 8.53. The first-order chi connectivity index (χ1) is 16.3. The summed E-state index contributed by atoms with van der Waals surface area (Å²) < 4.78 is 5.51. The molecule has 1 aliphatic carbocycles. The number of alkyl carbamates (subject to hydrolysis) is 1. The van der Waals surface area contributed by atoms with E-state index in [0.717, 1.165) is 22.3 Å². The van der Waals surface area contributed by atoms with Crippen molar-refractivity contribution in [1.82, 2.24) is 5.32 Å². The predicted molar refractivity (Wildman–Crippen MR) is 129 cm³/mol. The number of carbonyl (C=O) groups excluding carboxylic acids is 2. The first-order valence-corrected chi connectivity index (χ1v) is 11.2. The Morgan fingerprint density at radius 3 is 2.21 bits per heavy atom. The topological polar surface area (TPSA) is 105 Å².